The van der Waals surface area contributed by atoms with Crippen molar-refractivity contribution in [2.24, 2.45) is 0 Å². The molecule has 0 saturated carbocycles. The molecule has 0 atom stereocenters. The van der Waals surface area contributed by atoms with Crippen LogP contribution in [0.15, 0.2) is 46.9 Å². The fourth-order valence-corrected chi connectivity index (χ4v) is 5.01. The molecule has 0 spiro atoms. The lowest BCUT2D eigenvalue weighted by molar-refractivity contribution is 0.0947. The molecule has 1 saturated heterocycles. The summed E-state index contributed by atoms with van der Waals surface area (Å²) in [7, 11) is 0. The summed E-state index contributed by atoms with van der Waals surface area (Å²) in [5.41, 5.74) is 1.67. The van der Waals surface area contributed by atoms with Gasteiger partial charge in [-0.3, -0.25) is 9.69 Å². The zero-order valence-corrected chi connectivity index (χ0v) is 18.4. The van der Waals surface area contributed by atoms with Gasteiger partial charge in [0.05, 0.1) is 15.8 Å². The maximum atomic E-state index is 12.3. The third-order valence-corrected chi connectivity index (χ3v) is 6.82. The Balaban J connectivity index is 1.26. The van der Waals surface area contributed by atoms with Crippen molar-refractivity contribution in [1.82, 2.24) is 15.2 Å². The molecule has 2 aromatic carbocycles. The van der Waals surface area contributed by atoms with E-state index >= 15 is 0 Å². The number of hydrogen-bond donors (Lipinski definition) is 1. The highest BCUT2D eigenvalue weighted by Gasteiger charge is 2.20. The normalized spacial score (nSPS) is 15.1. The number of carbonyl (C=O) groups is 1. The minimum Gasteiger partial charge on any atom is -0.351 e. The predicted octanol–water partition coefficient (Wildman–Crippen LogP) is 4.26. The molecule has 0 bridgehead atoms. The van der Waals surface area contributed by atoms with Crippen LogP contribution in [0, 0.1) is 0 Å². The quantitative estimate of drug-likeness (QED) is 0.594. The molecule has 1 amide bonds. The number of nitrogens with zero attached hydrogens (tertiary/aromatic N) is 3. The molecule has 0 aliphatic carbocycles. The van der Waals surface area contributed by atoms with Crippen LogP contribution in [0.5, 0.6) is 0 Å². The fraction of sp³-hybridized carbons (Fsp3) is 0.300. The van der Waals surface area contributed by atoms with Gasteiger partial charge < -0.3 is 10.2 Å². The summed E-state index contributed by atoms with van der Waals surface area (Å²) in [6.07, 6.45) is 0. The standard InChI is InChI=1S/C20H20BrClN4OS/c21-16-4-2-1-3-15(16)19(27)23-7-8-25-9-11-26(12-10-25)20-24-17-6-5-14(22)13-18(17)28-20/h1-6,13H,7-12H2,(H,23,27). The third-order valence-electron chi connectivity index (χ3n) is 4.81. The van der Waals surface area contributed by atoms with Gasteiger partial charge in [0.2, 0.25) is 0 Å². The molecule has 0 radical (unpaired) electrons. The first-order valence-corrected chi connectivity index (χ1v) is 11.1. The molecule has 1 N–H and O–H groups in total. The monoisotopic (exact) mass is 478 g/mol. The van der Waals surface area contributed by atoms with Gasteiger partial charge in [-0.1, -0.05) is 35.1 Å². The average molecular weight is 480 g/mol. The summed E-state index contributed by atoms with van der Waals surface area (Å²) >= 11 is 11.2. The van der Waals surface area contributed by atoms with Crippen LogP contribution in [-0.2, 0) is 0 Å². The molecule has 2 heterocycles. The highest BCUT2D eigenvalue weighted by molar-refractivity contribution is 9.10. The molecule has 1 aliphatic heterocycles. The lowest BCUT2D eigenvalue weighted by Gasteiger charge is -2.34. The number of carbonyl (C=O) groups excluding carboxylic acids is 1. The zero-order chi connectivity index (χ0) is 19.5. The van der Waals surface area contributed by atoms with Crippen molar-refractivity contribution in [3.05, 3.63) is 57.5 Å². The van der Waals surface area contributed by atoms with E-state index in [0.717, 1.165) is 57.6 Å². The predicted molar refractivity (Wildman–Crippen MR) is 120 cm³/mol. The average Bonchev–Trinajstić information content (AvgIpc) is 3.12. The highest BCUT2D eigenvalue weighted by Crippen LogP contribution is 2.31. The zero-order valence-electron chi connectivity index (χ0n) is 15.2. The van der Waals surface area contributed by atoms with E-state index in [4.69, 9.17) is 16.6 Å². The van der Waals surface area contributed by atoms with Gasteiger partial charge >= 0.3 is 0 Å². The van der Waals surface area contributed by atoms with E-state index in [9.17, 15) is 4.79 Å². The molecule has 28 heavy (non-hydrogen) atoms. The number of fused-ring (bicyclic) bond motifs is 1. The smallest absolute Gasteiger partial charge is 0.252 e. The number of rotatable bonds is 5. The van der Waals surface area contributed by atoms with Crippen LogP contribution in [0.25, 0.3) is 10.2 Å². The number of nitrogens with one attached hydrogen (secondary N) is 1. The molecule has 4 rings (SSSR count). The number of amides is 1. The lowest BCUT2D eigenvalue weighted by Crippen LogP contribution is -2.48. The Morgan fingerprint density at radius 3 is 2.75 bits per heavy atom. The molecule has 8 heteroatoms. The number of anilines is 1. The van der Waals surface area contributed by atoms with Crippen molar-refractivity contribution in [1.29, 1.82) is 0 Å². The number of halogens is 2. The summed E-state index contributed by atoms with van der Waals surface area (Å²) in [4.78, 5) is 21.7. The molecule has 1 fully saturated rings. The summed E-state index contributed by atoms with van der Waals surface area (Å²) in [6, 6.07) is 13.3. The van der Waals surface area contributed by atoms with Crippen LogP contribution < -0.4 is 10.2 Å². The third kappa shape index (κ3) is 4.49. The number of thiazole rings is 1. The molecular weight excluding hydrogens is 460 g/mol. The second kappa shape index (κ2) is 8.78. The van der Waals surface area contributed by atoms with Crippen molar-refractivity contribution < 1.29 is 4.79 Å². The van der Waals surface area contributed by atoms with E-state index in [2.05, 4.69) is 31.0 Å². The van der Waals surface area contributed by atoms with E-state index in [-0.39, 0.29) is 5.91 Å². The number of piperazine rings is 1. The topological polar surface area (TPSA) is 48.5 Å². The Hall–Kier alpha value is -1.67. The first kappa shape index (κ1) is 19.6. The number of hydrogen-bond acceptors (Lipinski definition) is 5. The SMILES string of the molecule is O=C(NCCN1CCN(c2nc3ccc(Cl)cc3s2)CC1)c1ccccc1Br. The highest BCUT2D eigenvalue weighted by atomic mass is 79.9. The van der Waals surface area contributed by atoms with E-state index in [1.807, 2.05) is 42.5 Å². The Labute approximate surface area is 181 Å². The van der Waals surface area contributed by atoms with Crippen molar-refractivity contribution in [3.63, 3.8) is 0 Å². The van der Waals surface area contributed by atoms with Gasteiger partial charge in [-0.05, 0) is 46.3 Å². The van der Waals surface area contributed by atoms with Crippen molar-refractivity contribution in [3.8, 4) is 0 Å². The van der Waals surface area contributed by atoms with Crippen LogP contribution in [0.2, 0.25) is 5.02 Å². The Morgan fingerprint density at radius 1 is 1.18 bits per heavy atom. The van der Waals surface area contributed by atoms with E-state index in [0.29, 0.717) is 12.1 Å². The second-order valence-electron chi connectivity index (χ2n) is 6.67. The molecule has 146 valence electrons. The van der Waals surface area contributed by atoms with E-state index in [1.54, 1.807) is 11.3 Å². The summed E-state index contributed by atoms with van der Waals surface area (Å²) in [6.45, 7) is 5.28. The maximum Gasteiger partial charge on any atom is 0.252 e. The first-order valence-electron chi connectivity index (χ1n) is 9.16. The summed E-state index contributed by atoms with van der Waals surface area (Å²) in [5.74, 6) is -0.0424. The van der Waals surface area contributed by atoms with Crippen LogP contribution in [0.1, 0.15) is 10.4 Å². The van der Waals surface area contributed by atoms with Gasteiger partial charge in [0.25, 0.3) is 5.91 Å². The lowest BCUT2D eigenvalue weighted by atomic mass is 10.2. The molecule has 5 nitrogen and oxygen atoms in total. The van der Waals surface area contributed by atoms with E-state index in [1.165, 1.54) is 0 Å². The minimum atomic E-state index is -0.0424. The largest absolute Gasteiger partial charge is 0.351 e. The molecular formula is C20H20BrClN4OS. The molecule has 1 aromatic heterocycles. The first-order chi connectivity index (χ1) is 13.6. The summed E-state index contributed by atoms with van der Waals surface area (Å²) < 4.78 is 1.94. The molecule has 0 unspecified atom stereocenters. The van der Waals surface area contributed by atoms with Crippen LogP contribution in [0.4, 0.5) is 5.13 Å². The Kier molecular flexibility index (Phi) is 6.16. The van der Waals surface area contributed by atoms with Gasteiger partial charge in [-0.25, -0.2) is 4.98 Å². The molecule has 1 aliphatic rings. The van der Waals surface area contributed by atoms with Gasteiger partial charge in [0.15, 0.2) is 5.13 Å². The van der Waals surface area contributed by atoms with Crippen LogP contribution in [0.3, 0.4) is 0 Å². The van der Waals surface area contributed by atoms with Gasteiger partial charge in [0, 0.05) is 48.8 Å². The fourth-order valence-electron chi connectivity index (χ4n) is 3.25. The summed E-state index contributed by atoms with van der Waals surface area (Å²) in [5, 5.41) is 4.81. The van der Waals surface area contributed by atoms with Crippen molar-refractivity contribution in [2.45, 2.75) is 0 Å². The number of benzene rings is 2. The van der Waals surface area contributed by atoms with Gasteiger partial charge in [-0.15, -0.1) is 0 Å². The Morgan fingerprint density at radius 2 is 1.96 bits per heavy atom. The van der Waals surface area contributed by atoms with Gasteiger partial charge in [-0.2, -0.15) is 0 Å². The number of aromatic nitrogens is 1. The minimum absolute atomic E-state index is 0.0424. The van der Waals surface area contributed by atoms with Crippen molar-refractivity contribution in [2.75, 3.05) is 44.2 Å². The Bertz CT molecular complexity index is 987. The van der Waals surface area contributed by atoms with Gasteiger partial charge in [0.1, 0.15) is 0 Å². The van der Waals surface area contributed by atoms with Crippen LogP contribution >= 0.6 is 38.9 Å². The van der Waals surface area contributed by atoms with Crippen molar-refractivity contribution >= 4 is 60.1 Å². The van der Waals surface area contributed by atoms with E-state index < -0.39 is 0 Å². The second-order valence-corrected chi connectivity index (χ2v) is 8.97. The molecule has 3 aromatic rings. The van der Waals surface area contributed by atoms with Crippen LogP contribution in [-0.4, -0.2) is 55.1 Å². The maximum absolute atomic E-state index is 12.3.